The Labute approximate surface area is 238 Å². The maximum Gasteiger partial charge on any atom is 0.408 e. The van der Waals surface area contributed by atoms with Crippen molar-refractivity contribution < 1.29 is 31.8 Å². The zero-order valence-corrected chi connectivity index (χ0v) is 23.0. The second-order valence-corrected chi connectivity index (χ2v) is 10.7. The van der Waals surface area contributed by atoms with E-state index in [1.54, 1.807) is 26.0 Å². The van der Waals surface area contributed by atoms with Gasteiger partial charge in [0.1, 0.15) is 31.0 Å². The summed E-state index contributed by atoms with van der Waals surface area (Å²) in [4.78, 5) is 17.8. The Balaban J connectivity index is 1.40. The van der Waals surface area contributed by atoms with E-state index in [9.17, 15) is 22.4 Å². The quantitative estimate of drug-likeness (QED) is 0.171. The number of hydrogen-bond acceptors (Lipinski definition) is 9. The molecule has 0 spiro atoms. The van der Waals surface area contributed by atoms with Gasteiger partial charge in [-0.3, -0.25) is 14.1 Å². The molecular weight excluding hydrogens is 558 g/mol. The van der Waals surface area contributed by atoms with E-state index < -0.39 is 30.0 Å². The summed E-state index contributed by atoms with van der Waals surface area (Å²) >= 11 is 0. The van der Waals surface area contributed by atoms with Crippen LogP contribution >= 0.6 is 0 Å². The molecule has 1 fully saturated rings. The lowest BCUT2D eigenvalue weighted by Crippen LogP contribution is -2.38. The van der Waals surface area contributed by atoms with Crippen LogP contribution in [-0.2, 0) is 9.53 Å². The molecule has 10 nitrogen and oxygen atoms in total. The highest BCUT2D eigenvalue weighted by Gasteiger charge is 2.46. The minimum absolute atomic E-state index is 0.0266. The normalized spacial score (nSPS) is 17.7. The van der Waals surface area contributed by atoms with Crippen LogP contribution in [0, 0.1) is 11.7 Å². The third-order valence-electron chi connectivity index (χ3n) is 7.22. The summed E-state index contributed by atoms with van der Waals surface area (Å²) in [6.07, 6.45) is -2.67. The second-order valence-electron chi connectivity index (χ2n) is 10.7. The molecule has 2 unspecified atom stereocenters. The first kappa shape index (κ1) is 29.6. The summed E-state index contributed by atoms with van der Waals surface area (Å²) < 4.78 is 69.3. The van der Waals surface area contributed by atoms with Crippen molar-refractivity contribution in [3.8, 4) is 17.3 Å². The molecular formula is C28H31F4N7O3. The molecule has 1 aliphatic heterocycles. The van der Waals surface area contributed by atoms with Crippen molar-refractivity contribution in [1.82, 2.24) is 24.5 Å². The molecule has 0 amide bonds. The molecule has 224 valence electrons. The Bertz CT molecular complexity index is 1590. The first-order valence-electron chi connectivity index (χ1n) is 13.5. The van der Waals surface area contributed by atoms with Gasteiger partial charge in [0.15, 0.2) is 23.0 Å². The molecule has 42 heavy (non-hydrogen) atoms. The molecule has 4 aromatic rings. The summed E-state index contributed by atoms with van der Waals surface area (Å²) in [5.74, 6) is -1.21. The molecule has 3 aromatic heterocycles. The molecule has 1 aromatic carbocycles. The van der Waals surface area contributed by atoms with Crippen LogP contribution in [0.2, 0.25) is 0 Å². The number of rotatable bonds is 9. The average molecular weight is 590 g/mol. The van der Waals surface area contributed by atoms with Crippen LogP contribution in [0.4, 0.5) is 17.6 Å². The van der Waals surface area contributed by atoms with E-state index in [0.29, 0.717) is 28.7 Å². The number of benzene rings is 1. The molecule has 14 heteroatoms. The van der Waals surface area contributed by atoms with Crippen LogP contribution in [0.15, 0.2) is 42.6 Å². The van der Waals surface area contributed by atoms with Gasteiger partial charge in [-0.1, -0.05) is 26.0 Å². The van der Waals surface area contributed by atoms with E-state index in [2.05, 4.69) is 15.2 Å². The molecule has 3 atom stereocenters. The third kappa shape index (κ3) is 6.15. The number of fused-ring (bicyclic) bond motifs is 2. The van der Waals surface area contributed by atoms with Crippen molar-refractivity contribution in [2.75, 3.05) is 26.3 Å². The van der Waals surface area contributed by atoms with Gasteiger partial charge in [0.25, 0.3) is 0 Å². The maximum atomic E-state index is 14.7. The number of esters is 1. The number of aromatic nitrogens is 4. The summed E-state index contributed by atoms with van der Waals surface area (Å²) in [6.45, 7) is 3.72. The Hall–Kier alpha value is -3.88. The van der Waals surface area contributed by atoms with E-state index in [4.69, 9.17) is 20.9 Å². The third-order valence-corrected chi connectivity index (χ3v) is 7.22. The number of alkyl halides is 3. The topological polar surface area (TPSA) is 134 Å². The summed E-state index contributed by atoms with van der Waals surface area (Å²) in [6, 6.07) is 5.79. The van der Waals surface area contributed by atoms with Crippen molar-refractivity contribution in [2.24, 2.45) is 17.4 Å². The van der Waals surface area contributed by atoms with Crippen molar-refractivity contribution in [3.63, 3.8) is 0 Å². The van der Waals surface area contributed by atoms with E-state index >= 15 is 0 Å². The highest BCUT2D eigenvalue weighted by atomic mass is 19.4. The van der Waals surface area contributed by atoms with Crippen molar-refractivity contribution in [2.45, 2.75) is 44.6 Å². The number of hydrogen-bond donors (Lipinski definition) is 2. The SMILES string of the molecule is CC(C)C(N)C(=O)OCCOc1cc2nc(-c3nnc4ccc([C@@H](N5CCC(N)C5)C(F)(F)F)cn34)ccc2cc1F. The van der Waals surface area contributed by atoms with Crippen LogP contribution in [0.3, 0.4) is 0 Å². The Kier molecular flexibility index (Phi) is 8.30. The van der Waals surface area contributed by atoms with Crippen molar-refractivity contribution >= 4 is 22.5 Å². The van der Waals surface area contributed by atoms with E-state index in [-0.39, 0.29) is 55.4 Å². The maximum absolute atomic E-state index is 14.7. The highest BCUT2D eigenvalue weighted by Crippen LogP contribution is 2.39. The summed E-state index contributed by atoms with van der Waals surface area (Å²) in [7, 11) is 0. The van der Waals surface area contributed by atoms with E-state index in [0.717, 1.165) is 0 Å². The standard InChI is InChI=1S/C28H31F4N7O3/c1-15(2)24(34)27(40)42-10-9-41-22-12-21-16(11-19(22)29)3-5-20(35-21)26-37-36-23-6-4-17(13-39(23)26)25(28(30,31)32)38-8-7-18(33)14-38/h3-6,11-13,15,18,24-25H,7-10,14,33-34H2,1-2H3/t18?,24?,25-/m1/s1. The Morgan fingerprint density at radius 3 is 2.62 bits per heavy atom. The smallest absolute Gasteiger partial charge is 0.408 e. The van der Waals surface area contributed by atoms with Gasteiger partial charge >= 0.3 is 12.1 Å². The molecule has 4 N–H and O–H groups in total. The van der Waals surface area contributed by atoms with E-state index in [1.807, 2.05) is 0 Å². The lowest BCUT2D eigenvalue weighted by Gasteiger charge is -2.30. The first-order chi connectivity index (χ1) is 19.9. The lowest BCUT2D eigenvalue weighted by atomic mass is 10.1. The van der Waals surface area contributed by atoms with Gasteiger partial charge in [-0.25, -0.2) is 9.37 Å². The summed E-state index contributed by atoms with van der Waals surface area (Å²) in [5, 5.41) is 8.72. The van der Waals surface area contributed by atoms with Gasteiger partial charge in [0.05, 0.1) is 5.52 Å². The highest BCUT2D eigenvalue weighted by molar-refractivity contribution is 5.82. The molecule has 0 saturated carbocycles. The van der Waals surface area contributed by atoms with Crippen LogP contribution in [-0.4, -0.2) is 75.0 Å². The fraction of sp³-hybridized carbons (Fsp3) is 0.429. The molecule has 5 rings (SSSR count). The number of nitrogens with two attached hydrogens (primary N) is 2. The van der Waals surface area contributed by atoms with Crippen molar-refractivity contribution in [1.29, 1.82) is 0 Å². The number of likely N-dealkylation sites (tertiary alicyclic amines) is 1. The Morgan fingerprint density at radius 1 is 1.14 bits per heavy atom. The van der Waals surface area contributed by atoms with Crippen LogP contribution in [0.1, 0.15) is 31.9 Å². The minimum Gasteiger partial charge on any atom is -0.487 e. The molecule has 0 radical (unpaired) electrons. The van der Waals surface area contributed by atoms with Gasteiger partial charge in [-0.05, 0) is 36.1 Å². The largest absolute Gasteiger partial charge is 0.487 e. The van der Waals surface area contributed by atoms with Crippen LogP contribution in [0.5, 0.6) is 5.75 Å². The number of ether oxygens (including phenoxy) is 2. The number of carbonyl (C=O) groups excluding carboxylic acids is 1. The molecule has 1 aliphatic rings. The monoisotopic (exact) mass is 589 g/mol. The number of halogens is 4. The fourth-order valence-corrected chi connectivity index (χ4v) is 4.92. The van der Waals surface area contributed by atoms with Gasteiger partial charge in [0, 0.05) is 36.8 Å². The van der Waals surface area contributed by atoms with Crippen molar-refractivity contribution in [3.05, 3.63) is 54.0 Å². The summed E-state index contributed by atoms with van der Waals surface area (Å²) in [5.41, 5.74) is 12.7. The average Bonchev–Trinajstić information content (AvgIpc) is 3.55. The fourth-order valence-electron chi connectivity index (χ4n) is 4.92. The van der Waals surface area contributed by atoms with Gasteiger partial charge in [-0.2, -0.15) is 13.2 Å². The van der Waals surface area contributed by atoms with Gasteiger partial charge in [0.2, 0.25) is 0 Å². The van der Waals surface area contributed by atoms with Gasteiger partial charge < -0.3 is 20.9 Å². The molecule has 0 bridgehead atoms. The molecule has 4 heterocycles. The minimum atomic E-state index is -4.52. The zero-order valence-electron chi connectivity index (χ0n) is 23.0. The predicted octanol–water partition coefficient (Wildman–Crippen LogP) is 3.63. The molecule has 1 saturated heterocycles. The van der Waals surface area contributed by atoms with Crippen LogP contribution in [0.25, 0.3) is 28.1 Å². The van der Waals surface area contributed by atoms with Gasteiger partial charge in [-0.15, -0.1) is 10.2 Å². The first-order valence-corrected chi connectivity index (χ1v) is 13.5. The Morgan fingerprint density at radius 2 is 1.93 bits per heavy atom. The lowest BCUT2D eigenvalue weighted by molar-refractivity contribution is -0.183. The van der Waals surface area contributed by atoms with E-state index in [1.165, 1.54) is 39.8 Å². The van der Waals surface area contributed by atoms with Crippen LogP contribution < -0.4 is 16.2 Å². The number of pyridine rings is 2. The number of nitrogens with zero attached hydrogens (tertiary/aromatic N) is 5. The predicted molar refractivity (Wildman–Crippen MR) is 146 cm³/mol. The second kappa shape index (κ2) is 11.8. The zero-order chi connectivity index (χ0) is 30.2. The number of carbonyl (C=O) groups is 1. The molecule has 0 aliphatic carbocycles.